The van der Waals surface area contributed by atoms with E-state index in [-0.39, 0.29) is 6.03 Å². The molecule has 0 aliphatic rings. The Morgan fingerprint density at radius 3 is 2.82 bits per heavy atom. The summed E-state index contributed by atoms with van der Waals surface area (Å²) in [6.07, 6.45) is 0.688. The third-order valence-electron chi connectivity index (χ3n) is 2.99. The van der Waals surface area contributed by atoms with Crippen molar-refractivity contribution in [2.75, 3.05) is 26.8 Å². The summed E-state index contributed by atoms with van der Waals surface area (Å²) < 4.78 is 6.70. The van der Waals surface area contributed by atoms with Crippen molar-refractivity contribution in [3.05, 3.63) is 28.5 Å². The molecular formula is C14H21N5O2S. The first-order valence-corrected chi connectivity index (χ1v) is 7.97. The molecule has 2 aromatic rings. The Labute approximate surface area is 133 Å². The molecule has 0 spiro atoms. The minimum atomic E-state index is -0.189. The maximum atomic E-state index is 11.5. The van der Waals surface area contributed by atoms with Crippen molar-refractivity contribution >= 4 is 17.4 Å². The van der Waals surface area contributed by atoms with Crippen molar-refractivity contribution < 1.29 is 9.53 Å². The number of hydrogen-bond donors (Lipinski definition) is 2. The molecule has 0 unspecified atom stereocenters. The van der Waals surface area contributed by atoms with Crippen molar-refractivity contribution in [1.82, 2.24) is 25.4 Å². The highest BCUT2D eigenvalue weighted by Gasteiger charge is 2.08. The summed E-state index contributed by atoms with van der Waals surface area (Å²) in [6, 6.07) is 1.83. The van der Waals surface area contributed by atoms with Gasteiger partial charge < -0.3 is 15.4 Å². The van der Waals surface area contributed by atoms with Gasteiger partial charge in [-0.15, -0.1) is 11.3 Å². The minimum absolute atomic E-state index is 0.189. The van der Waals surface area contributed by atoms with E-state index >= 15 is 0 Å². The summed E-state index contributed by atoms with van der Waals surface area (Å²) in [6.45, 7) is 5.52. The van der Waals surface area contributed by atoms with Crippen molar-refractivity contribution in [3.63, 3.8) is 0 Å². The van der Waals surface area contributed by atoms with Crippen LogP contribution < -0.4 is 10.6 Å². The molecule has 22 heavy (non-hydrogen) atoms. The standard InChI is InChI=1S/C14H21N5O2S/c1-10-8-11(2)19(18-10)14-17-12(9-22-14)4-5-15-13(20)16-6-7-21-3/h8-9H,4-7H2,1-3H3,(H2,15,16,20). The van der Waals surface area contributed by atoms with Crippen LogP contribution in [0.25, 0.3) is 5.13 Å². The first-order chi connectivity index (χ1) is 10.6. The van der Waals surface area contributed by atoms with E-state index < -0.39 is 0 Å². The number of carbonyl (C=O) groups is 1. The summed E-state index contributed by atoms with van der Waals surface area (Å²) in [5.74, 6) is 0. The third-order valence-corrected chi connectivity index (χ3v) is 3.85. The minimum Gasteiger partial charge on any atom is -0.383 e. The van der Waals surface area contributed by atoms with Gasteiger partial charge in [-0.3, -0.25) is 0 Å². The fourth-order valence-electron chi connectivity index (χ4n) is 1.96. The summed E-state index contributed by atoms with van der Waals surface area (Å²) in [7, 11) is 1.60. The zero-order chi connectivity index (χ0) is 15.9. The van der Waals surface area contributed by atoms with Crippen LogP contribution in [0.1, 0.15) is 17.1 Å². The second kappa shape index (κ2) is 7.90. The molecule has 0 aromatic carbocycles. The van der Waals surface area contributed by atoms with Gasteiger partial charge >= 0.3 is 6.03 Å². The molecule has 120 valence electrons. The molecule has 8 heteroatoms. The number of nitrogens with zero attached hydrogens (tertiary/aromatic N) is 3. The average Bonchev–Trinajstić information content (AvgIpc) is 3.05. The van der Waals surface area contributed by atoms with E-state index in [4.69, 9.17) is 4.74 Å². The van der Waals surface area contributed by atoms with Crippen LogP contribution >= 0.6 is 11.3 Å². The number of ether oxygens (including phenoxy) is 1. The molecule has 2 aromatic heterocycles. The first kappa shape index (κ1) is 16.4. The van der Waals surface area contributed by atoms with Gasteiger partial charge in [0.25, 0.3) is 0 Å². The molecule has 0 saturated heterocycles. The normalized spacial score (nSPS) is 10.7. The van der Waals surface area contributed by atoms with E-state index in [0.717, 1.165) is 22.2 Å². The van der Waals surface area contributed by atoms with Gasteiger partial charge in [0.15, 0.2) is 0 Å². The predicted octanol–water partition coefficient (Wildman–Crippen LogP) is 1.43. The molecule has 0 aliphatic heterocycles. The van der Waals surface area contributed by atoms with Crippen molar-refractivity contribution in [3.8, 4) is 5.13 Å². The molecule has 0 bridgehead atoms. The number of aromatic nitrogens is 3. The van der Waals surface area contributed by atoms with E-state index in [1.807, 2.05) is 30.0 Å². The number of methoxy groups -OCH3 is 1. The van der Waals surface area contributed by atoms with Gasteiger partial charge in [-0.1, -0.05) is 0 Å². The Bertz CT molecular complexity index is 623. The first-order valence-electron chi connectivity index (χ1n) is 7.09. The van der Waals surface area contributed by atoms with Crippen LogP contribution in [0.15, 0.2) is 11.4 Å². The van der Waals surface area contributed by atoms with Crippen LogP contribution in [0.2, 0.25) is 0 Å². The topological polar surface area (TPSA) is 81.1 Å². The fraction of sp³-hybridized carbons (Fsp3) is 0.500. The molecule has 0 fully saturated rings. The lowest BCUT2D eigenvalue weighted by Crippen LogP contribution is -2.38. The van der Waals surface area contributed by atoms with Crippen molar-refractivity contribution in [1.29, 1.82) is 0 Å². The van der Waals surface area contributed by atoms with Crippen LogP contribution in [0.5, 0.6) is 0 Å². The summed E-state index contributed by atoms with van der Waals surface area (Å²) in [5, 5.41) is 12.8. The van der Waals surface area contributed by atoms with Crippen molar-refractivity contribution in [2.24, 2.45) is 0 Å². The molecule has 0 radical (unpaired) electrons. The molecule has 0 saturated carbocycles. The second-order valence-electron chi connectivity index (χ2n) is 4.89. The van der Waals surface area contributed by atoms with E-state index in [2.05, 4.69) is 20.7 Å². The van der Waals surface area contributed by atoms with Gasteiger partial charge in [0.2, 0.25) is 5.13 Å². The fourth-order valence-corrected chi connectivity index (χ4v) is 2.83. The Morgan fingerprint density at radius 1 is 1.36 bits per heavy atom. The Balaban J connectivity index is 1.80. The van der Waals surface area contributed by atoms with Crippen LogP contribution in [-0.2, 0) is 11.2 Å². The molecule has 2 N–H and O–H groups in total. The third kappa shape index (κ3) is 4.54. The predicted molar refractivity (Wildman–Crippen MR) is 85.7 cm³/mol. The maximum Gasteiger partial charge on any atom is 0.314 e. The lowest BCUT2D eigenvalue weighted by Gasteiger charge is -2.06. The quantitative estimate of drug-likeness (QED) is 0.755. The van der Waals surface area contributed by atoms with Gasteiger partial charge in [0.05, 0.1) is 18.0 Å². The Hall–Kier alpha value is -1.93. The Kier molecular flexibility index (Phi) is 5.91. The van der Waals surface area contributed by atoms with Gasteiger partial charge in [0, 0.05) is 37.7 Å². The zero-order valence-corrected chi connectivity index (χ0v) is 13.9. The number of hydrogen-bond acceptors (Lipinski definition) is 5. The number of urea groups is 1. The van der Waals surface area contributed by atoms with Crippen LogP contribution in [0.3, 0.4) is 0 Å². The van der Waals surface area contributed by atoms with Gasteiger partial charge in [-0.25, -0.2) is 14.5 Å². The number of amides is 2. The molecule has 2 rings (SSSR count). The lowest BCUT2D eigenvalue weighted by atomic mass is 10.3. The van der Waals surface area contributed by atoms with Gasteiger partial charge in [-0.2, -0.15) is 5.10 Å². The molecule has 2 heterocycles. The summed E-state index contributed by atoms with van der Waals surface area (Å²) >= 11 is 1.55. The summed E-state index contributed by atoms with van der Waals surface area (Å²) in [5.41, 5.74) is 2.99. The highest BCUT2D eigenvalue weighted by molar-refractivity contribution is 7.12. The van der Waals surface area contributed by atoms with Crippen LogP contribution in [0.4, 0.5) is 4.79 Å². The second-order valence-corrected chi connectivity index (χ2v) is 5.72. The largest absolute Gasteiger partial charge is 0.383 e. The average molecular weight is 323 g/mol. The Morgan fingerprint density at radius 2 is 2.14 bits per heavy atom. The van der Waals surface area contributed by atoms with Crippen LogP contribution in [0, 0.1) is 13.8 Å². The van der Waals surface area contributed by atoms with E-state index in [1.165, 1.54) is 0 Å². The zero-order valence-electron chi connectivity index (χ0n) is 13.0. The molecule has 2 amide bonds. The number of thiazole rings is 1. The van der Waals surface area contributed by atoms with Gasteiger partial charge in [0.1, 0.15) is 0 Å². The monoisotopic (exact) mass is 323 g/mol. The highest BCUT2D eigenvalue weighted by atomic mass is 32.1. The van der Waals surface area contributed by atoms with E-state index in [1.54, 1.807) is 18.4 Å². The number of carbonyl (C=O) groups excluding carboxylic acids is 1. The highest BCUT2D eigenvalue weighted by Crippen LogP contribution is 2.17. The van der Waals surface area contributed by atoms with Crippen LogP contribution in [-0.4, -0.2) is 47.6 Å². The maximum absolute atomic E-state index is 11.5. The summed E-state index contributed by atoms with van der Waals surface area (Å²) in [4.78, 5) is 16.0. The molecule has 0 atom stereocenters. The number of aryl methyl sites for hydroxylation is 2. The van der Waals surface area contributed by atoms with Crippen molar-refractivity contribution in [2.45, 2.75) is 20.3 Å². The smallest absolute Gasteiger partial charge is 0.314 e. The van der Waals surface area contributed by atoms with E-state index in [9.17, 15) is 4.79 Å². The number of rotatable bonds is 7. The molecular weight excluding hydrogens is 302 g/mol. The van der Waals surface area contributed by atoms with Gasteiger partial charge in [-0.05, 0) is 19.9 Å². The molecule has 0 aliphatic carbocycles. The lowest BCUT2D eigenvalue weighted by molar-refractivity contribution is 0.196. The number of nitrogens with one attached hydrogen (secondary N) is 2. The van der Waals surface area contributed by atoms with E-state index in [0.29, 0.717) is 26.1 Å². The molecule has 7 nitrogen and oxygen atoms in total. The SMILES string of the molecule is COCCNC(=O)NCCc1csc(-n2nc(C)cc2C)n1.